The smallest absolute Gasteiger partial charge is 0.250 e. The molecule has 1 aromatic heterocycles. The molecule has 0 aliphatic carbocycles. The molecule has 1 saturated heterocycles. The summed E-state index contributed by atoms with van der Waals surface area (Å²) >= 11 is 10.3. The fourth-order valence-electron chi connectivity index (χ4n) is 4.53. The van der Waals surface area contributed by atoms with Crippen molar-refractivity contribution >= 4 is 77.5 Å². The molecule has 0 atom stereocenters. The molecule has 0 unspecified atom stereocenters. The van der Waals surface area contributed by atoms with Crippen molar-refractivity contribution in [2.45, 2.75) is 26.2 Å². The fraction of sp³-hybridized carbons (Fsp3) is 0.241. The van der Waals surface area contributed by atoms with Crippen molar-refractivity contribution in [2.75, 3.05) is 28.7 Å². The van der Waals surface area contributed by atoms with Crippen LogP contribution in [0.2, 0.25) is 0 Å². The van der Waals surface area contributed by atoms with Crippen molar-refractivity contribution in [3.63, 3.8) is 0 Å². The zero-order chi connectivity index (χ0) is 28.1. The quantitative estimate of drug-likeness (QED) is 0.126. The minimum Gasteiger partial charge on any atom is -0.506 e. The summed E-state index contributed by atoms with van der Waals surface area (Å²) < 4.78 is 1.83. The maximum absolute atomic E-state index is 10.3. The molecule has 0 radical (unpaired) electrons. The maximum atomic E-state index is 10.3. The minimum absolute atomic E-state index is 0.0901. The third-order valence-electron chi connectivity index (χ3n) is 6.74. The van der Waals surface area contributed by atoms with Crippen LogP contribution < -0.4 is 15.6 Å². The average Bonchev–Trinajstić information content (AvgIpc) is 2.96. The number of piperidine rings is 1. The molecule has 2 heterocycles. The molecule has 5 rings (SSSR count). The summed E-state index contributed by atoms with van der Waals surface area (Å²) in [6.45, 7) is 3.78. The zero-order valence-corrected chi connectivity index (χ0v) is 26.5. The Morgan fingerprint density at radius 2 is 1.65 bits per heavy atom. The lowest BCUT2D eigenvalue weighted by molar-refractivity contribution is 0.400. The van der Waals surface area contributed by atoms with E-state index in [1.165, 1.54) is 11.1 Å². The molecule has 11 heteroatoms. The van der Waals surface area contributed by atoms with E-state index in [-0.39, 0.29) is 5.75 Å². The number of aromatic nitrogens is 3. The number of halogens is 3. The number of phenols is 1. The van der Waals surface area contributed by atoms with Gasteiger partial charge in [-0.1, -0.05) is 64.0 Å². The first-order valence-electron chi connectivity index (χ1n) is 12.9. The average molecular weight is 730 g/mol. The monoisotopic (exact) mass is 727 g/mol. The number of aromatic hydroxyl groups is 1. The second kappa shape index (κ2) is 13.1. The molecule has 1 aliphatic rings. The van der Waals surface area contributed by atoms with E-state index < -0.39 is 0 Å². The Hall–Kier alpha value is -3.02. The van der Waals surface area contributed by atoms with Crippen molar-refractivity contribution in [1.29, 1.82) is 0 Å². The number of hydrazone groups is 1. The van der Waals surface area contributed by atoms with Crippen LogP contribution in [0, 0.1) is 12.8 Å². The summed E-state index contributed by atoms with van der Waals surface area (Å²) in [5, 5.41) is 17.9. The van der Waals surface area contributed by atoms with Crippen LogP contribution in [0.25, 0.3) is 0 Å². The minimum atomic E-state index is 0.0901. The van der Waals surface area contributed by atoms with Crippen LogP contribution in [-0.2, 0) is 6.42 Å². The van der Waals surface area contributed by atoms with E-state index in [9.17, 15) is 5.11 Å². The van der Waals surface area contributed by atoms with E-state index in [4.69, 9.17) is 4.98 Å². The Morgan fingerprint density at radius 1 is 0.950 bits per heavy atom. The van der Waals surface area contributed by atoms with Gasteiger partial charge in [-0.2, -0.15) is 20.1 Å². The van der Waals surface area contributed by atoms with Gasteiger partial charge in [-0.3, -0.25) is 0 Å². The molecule has 4 aromatic rings. The van der Waals surface area contributed by atoms with Crippen LogP contribution in [0.3, 0.4) is 0 Å². The van der Waals surface area contributed by atoms with Crippen LogP contribution in [-0.4, -0.2) is 39.4 Å². The third kappa shape index (κ3) is 7.18. The molecular formula is C29H28Br3N7O. The standard InChI is InChI=1S/C29H28Br3N7O/c1-18-7-9-21(10-8-18)34-27-35-28(38-33-17-22-23(30)16-24(31)26(40)25(22)32)37-29(36-27)39-13-11-20(12-14-39)15-19-5-3-2-4-6-19/h2-10,16-17,20,40H,11-15H2,1H3,(H2,34,35,36,37,38)/b33-17-. The zero-order valence-electron chi connectivity index (χ0n) is 21.8. The molecule has 3 aromatic carbocycles. The molecule has 8 nitrogen and oxygen atoms in total. The predicted molar refractivity (Wildman–Crippen MR) is 172 cm³/mol. The van der Waals surface area contributed by atoms with Crippen LogP contribution in [0.4, 0.5) is 23.5 Å². The highest BCUT2D eigenvalue weighted by atomic mass is 79.9. The molecule has 0 amide bonds. The van der Waals surface area contributed by atoms with Crippen molar-refractivity contribution < 1.29 is 5.11 Å². The van der Waals surface area contributed by atoms with E-state index >= 15 is 0 Å². The second-order valence-corrected chi connectivity index (χ2v) is 12.2. The van der Waals surface area contributed by atoms with Gasteiger partial charge in [0.05, 0.1) is 15.2 Å². The Balaban J connectivity index is 1.35. The Labute approximate surface area is 258 Å². The summed E-state index contributed by atoms with van der Waals surface area (Å²) in [4.78, 5) is 16.2. The van der Waals surface area contributed by atoms with Gasteiger partial charge in [-0.05, 0) is 87.7 Å². The fourth-order valence-corrected chi connectivity index (χ4v) is 6.86. The van der Waals surface area contributed by atoms with Gasteiger partial charge in [0.15, 0.2) is 0 Å². The van der Waals surface area contributed by atoms with E-state index in [0.717, 1.165) is 42.5 Å². The normalized spacial score (nSPS) is 14.1. The summed E-state index contributed by atoms with van der Waals surface area (Å²) in [5.41, 5.74) is 7.05. The number of nitrogens with one attached hydrogen (secondary N) is 2. The number of hydrogen-bond donors (Lipinski definition) is 3. The predicted octanol–water partition coefficient (Wildman–Crippen LogP) is 7.82. The molecule has 1 fully saturated rings. The van der Waals surface area contributed by atoms with Crippen LogP contribution in [0.1, 0.15) is 29.5 Å². The highest BCUT2D eigenvalue weighted by Gasteiger charge is 2.22. The van der Waals surface area contributed by atoms with Gasteiger partial charge in [-0.25, -0.2) is 5.43 Å². The first-order chi connectivity index (χ1) is 19.4. The second-order valence-electron chi connectivity index (χ2n) is 9.68. The van der Waals surface area contributed by atoms with Gasteiger partial charge in [0, 0.05) is 28.8 Å². The lowest BCUT2D eigenvalue weighted by Crippen LogP contribution is -2.35. The van der Waals surface area contributed by atoms with Gasteiger partial charge in [0.1, 0.15) is 5.75 Å². The van der Waals surface area contributed by atoms with Gasteiger partial charge in [-0.15, -0.1) is 0 Å². The first-order valence-corrected chi connectivity index (χ1v) is 15.3. The van der Waals surface area contributed by atoms with Crippen LogP contribution in [0.5, 0.6) is 5.75 Å². The largest absolute Gasteiger partial charge is 0.506 e. The number of aryl methyl sites for hydroxylation is 1. The number of nitrogens with zero attached hydrogens (tertiary/aromatic N) is 5. The molecule has 206 valence electrons. The SMILES string of the molecule is Cc1ccc(Nc2nc(N/N=C\c3c(Br)cc(Br)c(O)c3Br)nc(N3CCC(Cc4ccccc4)CC3)n2)cc1. The van der Waals surface area contributed by atoms with Crippen molar-refractivity contribution in [2.24, 2.45) is 11.0 Å². The summed E-state index contributed by atoms with van der Waals surface area (Å²) in [5.74, 6) is 2.07. The lowest BCUT2D eigenvalue weighted by atomic mass is 9.90. The van der Waals surface area contributed by atoms with Crippen LogP contribution in [0.15, 0.2) is 79.2 Å². The Morgan fingerprint density at radius 3 is 2.38 bits per heavy atom. The number of rotatable bonds is 8. The Bertz CT molecular complexity index is 1490. The molecule has 0 saturated carbocycles. The Kier molecular flexibility index (Phi) is 9.33. The van der Waals surface area contributed by atoms with Gasteiger partial charge in [0.25, 0.3) is 0 Å². The number of hydrogen-bond acceptors (Lipinski definition) is 8. The number of anilines is 4. The van der Waals surface area contributed by atoms with Gasteiger partial charge >= 0.3 is 0 Å². The van der Waals surface area contributed by atoms with E-state index in [2.05, 4.69) is 109 Å². The molecule has 1 aliphatic heterocycles. The summed E-state index contributed by atoms with van der Waals surface area (Å²) in [6, 6.07) is 20.5. The summed E-state index contributed by atoms with van der Waals surface area (Å²) in [7, 11) is 0. The number of phenolic OH excluding ortho intramolecular Hbond substituents is 1. The number of benzene rings is 3. The van der Waals surface area contributed by atoms with Crippen LogP contribution >= 0.6 is 47.8 Å². The summed E-state index contributed by atoms with van der Waals surface area (Å²) in [6.07, 6.45) is 4.81. The van der Waals surface area contributed by atoms with Gasteiger partial charge < -0.3 is 15.3 Å². The highest BCUT2D eigenvalue weighted by Crippen LogP contribution is 2.38. The molecule has 3 N–H and O–H groups in total. The molecule has 0 bridgehead atoms. The van der Waals surface area contributed by atoms with Crippen molar-refractivity contribution in [3.8, 4) is 5.75 Å². The molecule has 0 spiro atoms. The van der Waals surface area contributed by atoms with E-state index in [1.807, 2.05) is 31.2 Å². The van der Waals surface area contributed by atoms with E-state index in [1.54, 1.807) is 12.3 Å². The molecular weight excluding hydrogens is 702 g/mol. The first kappa shape index (κ1) is 28.5. The highest BCUT2D eigenvalue weighted by molar-refractivity contribution is 9.11. The van der Waals surface area contributed by atoms with Gasteiger partial charge in [0.2, 0.25) is 17.8 Å². The topological polar surface area (TPSA) is 98.6 Å². The lowest BCUT2D eigenvalue weighted by Gasteiger charge is -2.32. The third-order valence-corrected chi connectivity index (χ3v) is 8.80. The molecule has 40 heavy (non-hydrogen) atoms. The van der Waals surface area contributed by atoms with Crippen molar-refractivity contribution in [3.05, 3.63) is 90.8 Å². The van der Waals surface area contributed by atoms with E-state index in [0.29, 0.717) is 38.3 Å². The van der Waals surface area contributed by atoms with Crippen molar-refractivity contribution in [1.82, 2.24) is 15.0 Å². The maximum Gasteiger partial charge on any atom is 0.250 e.